The number of hydrogen-bond acceptors (Lipinski definition) is 3. The van der Waals surface area contributed by atoms with Crippen molar-refractivity contribution in [2.75, 3.05) is 11.9 Å². The average Bonchev–Trinajstić information content (AvgIpc) is 2.74. The smallest absolute Gasteiger partial charge is 0.262 e. The molecular formula is C22H17F3N2O3. The van der Waals surface area contributed by atoms with Crippen LogP contribution in [0.4, 0.5) is 18.9 Å². The van der Waals surface area contributed by atoms with Gasteiger partial charge in [-0.05, 0) is 42.5 Å². The number of carbonyl (C=O) groups excluding carboxylic acids is 2. The first-order valence-electron chi connectivity index (χ1n) is 8.92. The SMILES string of the molecule is O=C(COc1ccccc1C(=O)NCc1cc(F)ccc1F)Nc1ccccc1F. The summed E-state index contributed by atoms with van der Waals surface area (Å²) >= 11 is 0. The maximum absolute atomic E-state index is 13.7. The standard InChI is InChI=1S/C22H17F3N2O3/c23-15-9-10-17(24)14(11-15)12-26-22(29)16-5-1-4-8-20(16)30-13-21(28)27-19-7-3-2-6-18(19)25/h1-11H,12-13H2,(H,26,29)(H,27,28). The predicted molar refractivity (Wildman–Crippen MR) is 104 cm³/mol. The van der Waals surface area contributed by atoms with E-state index in [1.165, 1.54) is 30.3 Å². The zero-order chi connectivity index (χ0) is 21.5. The van der Waals surface area contributed by atoms with Crippen LogP contribution >= 0.6 is 0 Å². The topological polar surface area (TPSA) is 67.4 Å². The molecule has 3 rings (SSSR count). The number of halogens is 3. The Morgan fingerprint density at radius 2 is 1.60 bits per heavy atom. The summed E-state index contributed by atoms with van der Waals surface area (Å²) in [6, 6.07) is 14.8. The fraction of sp³-hybridized carbons (Fsp3) is 0.0909. The van der Waals surface area contributed by atoms with Gasteiger partial charge >= 0.3 is 0 Å². The van der Waals surface area contributed by atoms with Gasteiger partial charge in [0.1, 0.15) is 23.2 Å². The Morgan fingerprint density at radius 1 is 0.867 bits per heavy atom. The van der Waals surface area contributed by atoms with E-state index >= 15 is 0 Å². The summed E-state index contributed by atoms with van der Waals surface area (Å²) in [4.78, 5) is 24.5. The van der Waals surface area contributed by atoms with E-state index in [0.717, 1.165) is 18.2 Å². The second-order valence-corrected chi connectivity index (χ2v) is 6.23. The van der Waals surface area contributed by atoms with Crippen LogP contribution < -0.4 is 15.4 Å². The molecule has 0 radical (unpaired) electrons. The van der Waals surface area contributed by atoms with E-state index in [9.17, 15) is 22.8 Å². The zero-order valence-electron chi connectivity index (χ0n) is 15.6. The number of carbonyl (C=O) groups is 2. The van der Waals surface area contributed by atoms with E-state index in [1.807, 2.05) is 0 Å². The third-order valence-electron chi connectivity index (χ3n) is 4.09. The monoisotopic (exact) mass is 414 g/mol. The van der Waals surface area contributed by atoms with Crippen molar-refractivity contribution >= 4 is 17.5 Å². The van der Waals surface area contributed by atoms with Crippen molar-refractivity contribution < 1.29 is 27.5 Å². The number of nitrogens with one attached hydrogen (secondary N) is 2. The van der Waals surface area contributed by atoms with E-state index in [4.69, 9.17) is 4.74 Å². The van der Waals surface area contributed by atoms with Crippen molar-refractivity contribution in [2.45, 2.75) is 6.54 Å². The Labute approximate surface area is 170 Å². The normalized spacial score (nSPS) is 10.4. The summed E-state index contributed by atoms with van der Waals surface area (Å²) < 4.78 is 46.0. The van der Waals surface area contributed by atoms with Gasteiger partial charge in [-0.1, -0.05) is 24.3 Å². The van der Waals surface area contributed by atoms with Gasteiger partial charge in [0.05, 0.1) is 11.3 Å². The Morgan fingerprint density at radius 3 is 2.40 bits per heavy atom. The number of amides is 2. The van der Waals surface area contributed by atoms with Gasteiger partial charge in [0, 0.05) is 12.1 Å². The highest BCUT2D eigenvalue weighted by atomic mass is 19.1. The van der Waals surface area contributed by atoms with Crippen molar-refractivity contribution in [3.05, 3.63) is 95.3 Å². The molecule has 2 amide bonds. The van der Waals surface area contributed by atoms with Crippen LogP contribution in [-0.2, 0) is 11.3 Å². The molecule has 154 valence electrons. The van der Waals surface area contributed by atoms with Crippen molar-refractivity contribution in [2.24, 2.45) is 0 Å². The Hall–Kier alpha value is -3.81. The molecule has 0 aliphatic carbocycles. The average molecular weight is 414 g/mol. The molecule has 0 fully saturated rings. The van der Waals surface area contributed by atoms with Crippen LogP contribution in [0.3, 0.4) is 0 Å². The van der Waals surface area contributed by atoms with Gasteiger partial charge in [-0.15, -0.1) is 0 Å². The number of rotatable bonds is 7. The molecule has 0 atom stereocenters. The number of hydrogen-bond donors (Lipinski definition) is 2. The van der Waals surface area contributed by atoms with Crippen LogP contribution in [0.1, 0.15) is 15.9 Å². The van der Waals surface area contributed by atoms with Gasteiger partial charge in [-0.3, -0.25) is 9.59 Å². The third-order valence-corrected chi connectivity index (χ3v) is 4.09. The lowest BCUT2D eigenvalue weighted by atomic mass is 10.1. The quantitative estimate of drug-likeness (QED) is 0.613. The summed E-state index contributed by atoms with van der Waals surface area (Å²) in [6.45, 7) is -0.693. The summed E-state index contributed by atoms with van der Waals surface area (Å²) in [7, 11) is 0. The molecule has 0 bridgehead atoms. The van der Waals surface area contributed by atoms with Gasteiger partial charge in [0.25, 0.3) is 11.8 Å². The van der Waals surface area contributed by atoms with E-state index < -0.39 is 35.9 Å². The molecule has 0 aromatic heterocycles. The van der Waals surface area contributed by atoms with Crippen molar-refractivity contribution in [1.29, 1.82) is 0 Å². The first-order chi connectivity index (χ1) is 14.4. The Balaban J connectivity index is 1.62. The maximum atomic E-state index is 13.7. The lowest BCUT2D eigenvalue weighted by Crippen LogP contribution is -2.25. The van der Waals surface area contributed by atoms with Crippen molar-refractivity contribution in [3.8, 4) is 5.75 Å². The molecule has 30 heavy (non-hydrogen) atoms. The fourth-order valence-electron chi connectivity index (χ4n) is 2.62. The summed E-state index contributed by atoms with van der Waals surface area (Å²) in [5.41, 5.74) is 0.105. The van der Waals surface area contributed by atoms with Crippen LogP contribution in [-0.4, -0.2) is 18.4 Å². The van der Waals surface area contributed by atoms with Crippen LogP contribution in [0.25, 0.3) is 0 Å². The van der Waals surface area contributed by atoms with Gasteiger partial charge in [0.2, 0.25) is 0 Å². The Kier molecular flexibility index (Phi) is 6.69. The molecule has 3 aromatic rings. The van der Waals surface area contributed by atoms with Gasteiger partial charge in [0.15, 0.2) is 6.61 Å². The second kappa shape index (κ2) is 9.60. The fourth-order valence-corrected chi connectivity index (χ4v) is 2.62. The minimum absolute atomic E-state index is 0.00832. The summed E-state index contributed by atoms with van der Waals surface area (Å²) in [5, 5.41) is 4.85. The van der Waals surface area contributed by atoms with Gasteiger partial charge < -0.3 is 15.4 Å². The predicted octanol–water partition coefficient (Wildman–Crippen LogP) is 4.05. The molecule has 0 aliphatic rings. The first-order valence-corrected chi connectivity index (χ1v) is 8.92. The van der Waals surface area contributed by atoms with E-state index in [2.05, 4.69) is 10.6 Å². The molecule has 0 aliphatic heterocycles. The molecule has 0 saturated carbocycles. The van der Waals surface area contributed by atoms with Crippen LogP contribution in [0.15, 0.2) is 66.7 Å². The third kappa shape index (κ3) is 5.38. The van der Waals surface area contributed by atoms with E-state index in [-0.39, 0.29) is 29.1 Å². The van der Waals surface area contributed by atoms with Crippen molar-refractivity contribution in [1.82, 2.24) is 5.32 Å². The highest BCUT2D eigenvalue weighted by Crippen LogP contribution is 2.19. The van der Waals surface area contributed by atoms with Gasteiger partial charge in [-0.25, -0.2) is 13.2 Å². The Bertz CT molecular complexity index is 1070. The molecule has 0 heterocycles. The first kappa shape index (κ1) is 20.9. The molecule has 8 heteroatoms. The van der Waals surface area contributed by atoms with Crippen LogP contribution in [0.5, 0.6) is 5.75 Å². The molecular weight excluding hydrogens is 397 g/mol. The highest BCUT2D eigenvalue weighted by Gasteiger charge is 2.15. The lowest BCUT2D eigenvalue weighted by Gasteiger charge is -2.12. The molecule has 0 saturated heterocycles. The largest absolute Gasteiger partial charge is 0.483 e. The number of anilines is 1. The minimum atomic E-state index is -0.647. The van der Waals surface area contributed by atoms with Crippen LogP contribution in [0.2, 0.25) is 0 Å². The highest BCUT2D eigenvalue weighted by molar-refractivity contribution is 5.97. The summed E-state index contributed by atoms with van der Waals surface area (Å²) in [5.74, 6) is -2.95. The van der Waals surface area contributed by atoms with E-state index in [1.54, 1.807) is 18.2 Å². The van der Waals surface area contributed by atoms with Crippen LogP contribution in [0, 0.1) is 17.5 Å². The molecule has 5 nitrogen and oxygen atoms in total. The van der Waals surface area contributed by atoms with Gasteiger partial charge in [-0.2, -0.15) is 0 Å². The molecule has 3 aromatic carbocycles. The number of benzene rings is 3. The number of ether oxygens (including phenoxy) is 1. The molecule has 0 unspecified atom stereocenters. The second-order valence-electron chi connectivity index (χ2n) is 6.23. The maximum Gasteiger partial charge on any atom is 0.262 e. The lowest BCUT2D eigenvalue weighted by molar-refractivity contribution is -0.118. The molecule has 2 N–H and O–H groups in total. The van der Waals surface area contributed by atoms with Crippen molar-refractivity contribution in [3.63, 3.8) is 0 Å². The van der Waals surface area contributed by atoms with E-state index in [0.29, 0.717) is 0 Å². The summed E-state index contributed by atoms with van der Waals surface area (Å²) in [6.07, 6.45) is 0. The number of para-hydroxylation sites is 2. The molecule has 0 spiro atoms. The zero-order valence-corrected chi connectivity index (χ0v) is 15.6. The minimum Gasteiger partial charge on any atom is -0.483 e.